The molecule has 1 aliphatic carbocycles. The van der Waals surface area contributed by atoms with Gasteiger partial charge in [0.15, 0.2) is 0 Å². The van der Waals surface area contributed by atoms with Crippen molar-refractivity contribution in [2.24, 2.45) is 11.8 Å². The highest BCUT2D eigenvalue weighted by atomic mass is 16.3. The number of hydrogen-bond acceptors (Lipinski definition) is 4. The van der Waals surface area contributed by atoms with Gasteiger partial charge in [-0.3, -0.25) is 19.8 Å². The van der Waals surface area contributed by atoms with Crippen molar-refractivity contribution in [1.82, 2.24) is 10.4 Å². The molecule has 114 valence electrons. The fourth-order valence-electron chi connectivity index (χ4n) is 2.98. The number of carbonyl (C=O) groups is 3. The number of para-hydroxylation sites is 1. The number of fused-ring (bicyclic) bond motifs is 1. The molecule has 1 fully saturated rings. The van der Waals surface area contributed by atoms with Crippen molar-refractivity contribution >= 4 is 17.7 Å². The van der Waals surface area contributed by atoms with E-state index in [2.05, 4.69) is 5.43 Å². The molecule has 0 spiro atoms. The van der Waals surface area contributed by atoms with Crippen molar-refractivity contribution in [2.45, 2.75) is 19.8 Å². The second-order valence-electron chi connectivity index (χ2n) is 5.67. The predicted octanol–water partition coefficient (Wildman–Crippen LogP) is 1.38. The molecule has 2 N–H and O–H groups in total. The molecule has 0 aromatic heterocycles. The van der Waals surface area contributed by atoms with E-state index in [4.69, 9.17) is 0 Å². The minimum atomic E-state index is -0.678. The largest absolute Gasteiger partial charge is 0.507 e. The maximum absolute atomic E-state index is 12.3. The first-order valence-electron chi connectivity index (χ1n) is 7.11. The van der Waals surface area contributed by atoms with Gasteiger partial charge in [0.1, 0.15) is 5.75 Å². The van der Waals surface area contributed by atoms with Crippen LogP contribution in [0.2, 0.25) is 0 Å². The maximum Gasteiger partial charge on any atom is 0.274 e. The van der Waals surface area contributed by atoms with E-state index < -0.39 is 17.7 Å². The van der Waals surface area contributed by atoms with Gasteiger partial charge in [-0.1, -0.05) is 23.8 Å². The first kappa shape index (κ1) is 14.3. The summed E-state index contributed by atoms with van der Waals surface area (Å²) in [5, 5.41) is 10.5. The van der Waals surface area contributed by atoms with E-state index in [9.17, 15) is 19.5 Å². The average Bonchev–Trinajstić information content (AvgIpc) is 2.72. The average molecular weight is 300 g/mol. The Labute approximate surface area is 127 Å². The Hall–Kier alpha value is -2.63. The van der Waals surface area contributed by atoms with Crippen LogP contribution in [-0.4, -0.2) is 27.8 Å². The van der Waals surface area contributed by atoms with Gasteiger partial charge in [-0.25, -0.2) is 0 Å². The van der Waals surface area contributed by atoms with Crippen LogP contribution in [0, 0.1) is 11.8 Å². The summed E-state index contributed by atoms with van der Waals surface area (Å²) in [5.74, 6) is -2.45. The Balaban J connectivity index is 1.79. The number of carbonyl (C=O) groups excluding carboxylic acids is 3. The number of amides is 3. The van der Waals surface area contributed by atoms with E-state index in [-0.39, 0.29) is 23.1 Å². The van der Waals surface area contributed by atoms with Gasteiger partial charge >= 0.3 is 0 Å². The molecule has 1 saturated heterocycles. The normalized spacial score (nSPS) is 24.0. The molecule has 2 aliphatic rings. The standard InChI is InChI=1S/C16H16N2O4/c1-9-6-7-10-12(8-9)16(22)18(15(10)21)17-14(20)11-4-2-3-5-13(11)19/h2-6,10,12,19H,7-8H2,1H3,(H,17,20)/t10-,12-/m0/s1. The number of phenols is 1. The molecule has 6 nitrogen and oxygen atoms in total. The van der Waals surface area contributed by atoms with Crippen molar-refractivity contribution in [3.05, 3.63) is 41.5 Å². The Bertz CT molecular complexity index is 695. The Morgan fingerprint density at radius 3 is 2.64 bits per heavy atom. The number of nitrogens with one attached hydrogen (secondary N) is 1. The number of rotatable bonds is 2. The Morgan fingerprint density at radius 1 is 1.23 bits per heavy atom. The van der Waals surface area contributed by atoms with Gasteiger partial charge in [0, 0.05) is 0 Å². The quantitative estimate of drug-likeness (QED) is 0.638. The van der Waals surface area contributed by atoms with E-state index in [1.54, 1.807) is 12.1 Å². The number of aromatic hydroxyl groups is 1. The number of phenolic OH excluding ortho intramolecular Hbond substituents is 1. The monoisotopic (exact) mass is 300 g/mol. The number of imide groups is 1. The van der Waals surface area contributed by atoms with E-state index >= 15 is 0 Å². The van der Waals surface area contributed by atoms with Crippen LogP contribution >= 0.6 is 0 Å². The molecule has 1 aliphatic heterocycles. The maximum atomic E-state index is 12.3. The molecular weight excluding hydrogens is 284 g/mol. The van der Waals surface area contributed by atoms with Crippen LogP contribution in [0.25, 0.3) is 0 Å². The predicted molar refractivity (Wildman–Crippen MR) is 77.4 cm³/mol. The molecule has 1 heterocycles. The summed E-state index contributed by atoms with van der Waals surface area (Å²) in [4.78, 5) is 36.8. The van der Waals surface area contributed by atoms with Gasteiger partial charge in [-0.2, -0.15) is 5.01 Å². The fourth-order valence-corrected chi connectivity index (χ4v) is 2.98. The summed E-state index contributed by atoms with van der Waals surface area (Å²) >= 11 is 0. The molecule has 22 heavy (non-hydrogen) atoms. The molecule has 2 atom stereocenters. The van der Waals surface area contributed by atoms with E-state index in [1.165, 1.54) is 12.1 Å². The van der Waals surface area contributed by atoms with Crippen molar-refractivity contribution in [3.8, 4) is 5.75 Å². The topological polar surface area (TPSA) is 86.7 Å². The lowest BCUT2D eigenvalue weighted by molar-refractivity contribution is -0.142. The molecule has 0 saturated carbocycles. The summed E-state index contributed by atoms with van der Waals surface area (Å²) in [6.07, 6.45) is 3.02. The van der Waals surface area contributed by atoms with Gasteiger partial charge in [0.05, 0.1) is 17.4 Å². The molecule has 1 aromatic rings. The lowest BCUT2D eigenvalue weighted by atomic mass is 9.82. The first-order valence-corrected chi connectivity index (χ1v) is 7.11. The molecule has 0 bridgehead atoms. The molecule has 3 amide bonds. The SMILES string of the molecule is CC1=CC[C@@H]2C(=O)N(NC(=O)c3ccccc3O)C(=O)[C@H]2C1. The number of hydrazine groups is 1. The van der Waals surface area contributed by atoms with Gasteiger partial charge < -0.3 is 5.11 Å². The highest BCUT2D eigenvalue weighted by molar-refractivity contribution is 6.08. The third kappa shape index (κ3) is 2.26. The number of allylic oxidation sites excluding steroid dienone is 2. The fraction of sp³-hybridized carbons (Fsp3) is 0.312. The van der Waals surface area contributed by atoms with Crippen molar-refractivity contribution < 1.29 is 19.5 Å². The van der Waals surface area contributed by atoms with E-state index in [1.807, 2.05) is 13.0 Å². The van der Waals surface area contributed by atoms with Crippen LogP contribution in [0.3, 0.4) is 0 Å². The second-order valence-corrected chi connectivity index (χ2v) is 5.67. The van der Waals surface area contributed by atoms with Crippen LogP contribution in [0.15, 0.2) is 35.9 Å². The molecule has 6 heteroatoms. The van der Waals surface area contributed by atoms with Crippen LogP contribution in [0.5, 0.6) is 5.75 Å². The zero-order chi connectivity index (χ0) is 15.9. The van der Waals surface area contributed by atoms with Crippen molar-refractivity contribution in [1.29, 1.82) is 0 Å². The van der Waals surface area contributed by atoms with Gasteiger partial charge in [0.2, 0.25) is 0 Å². The van der Waals surface area contributed by atoms with Crippen molar-refractivity contribution in [3.63, 3.8) is 0 Å². The summed E-state index contributed by atoms with van der Waals surface area (Å²) in [5.41, 5.74) is 3.42. The summed E-state index contributed by atoms with van der Waals surface area (Å²) in [6.45, 7) is 1.93. The number of benzene rings is 1. The smallest absolute Gasteiger partial charge is 0.274 e. The van der Waals surface area contributed by atoms with Gasteiger partial charge in [-0.15, -0.1) is 0 Å². The number of hydrogen-bond donors (Lipinski definition) is 2. The molecule has 3 rings (SSSR count). The van der Waals surface area contributed by atoms with Crippen LogP contribution in [0.4, 0.5) is 0 Å². The minimum Gasteiger partial charge on any atom is -0.507 e. The zero-order valence-electron chi connectivity index (χ0n) is 12.1. The minimum absolute atomic E-state index is 0.0206. The van der Waals surface area contributed by atoms with Gasteiger partial charge in [-0.05, 0) is 31.9 Å². The third-order valence-electron chi connectivity index (χ3n) is 4.19. The molecular formula is C16H16N2O4. The molecule has 0 radical (unpaired) electrons. The second kappa shape index (κ2) is 5.29. The third-order valence-corrected chi connectivity index (χ3v) is 4.19. The van der Waals surface area contributed by atoms with Crippen LogP contribution < -0.4 is 5.43 Å². The lowest BCUT2D eigenvalue weighted by Crippen LogP contribution is -2.46. The highest BCUT2D eigenvalue weighted by Gasteiger charge is 2.49. The Kier molecular flexibility index (Phi) is 3.44. The van der Waals surface area contributed by atoms with E-state index in [0.717, 1.165) is 10.6 Å². The lowest BCUT2D eigenvalue weighted by Gasteiger charge is -2.18. The van der Waals surface area contributed by atoms with E-state index in [0.29, 0.717) is 12.8 Å². The molecule has 1 aromatic carbocycles. The highest BCUT2D eigenvalue weighted by Crippen LogP contribution is 2.36. The van der Waals surface area contributed by atoms with Crippen LogP contribution in [0.1, 0.15) is 30.1 Å². The summed E-state index contributed by atoms with van der Waals surface area (Å²) in [6, 6.07) is 5.97. The molecule has 0 unspecified atom stereocenters. The first-order chi connectivity index (χ1) is 10.5. The summed E-state index contributed by atoms with van der Waals surface area (Å²) < 4.78 is 0. The zero-order valence-corrected chi connectivity index (χ0v) is 12.1. The Morgan fingerprint density at radius 2 is 1.91 bits per heavy atom. The van der Waals surface area contributed by atoms with Gasteiger partial charge in [0.25, 0.3) is 17.7 Å². The summed E-state index contributed by atoms with van der Waals surface area (Å²) in [7, 11) is 0. The van der Waals surface area contributed by atoms with Crippen LogP contribution in [-0.2, 0) is 9.59 Å². The van der Waals surface area contributed by atoms with Crippen molar-refractivity contribution in [2.75, 3.05) is 0 Å². The number of nitrogens with zero attached hydrogens (tertiary/aromatic N) is 1.